The van der Waals surface area contributed by atoms with Crippen molar-refractivity contribution in [2.24, 2.45) is 11.5 Å². The molecule has 0 aromatic carbocycles. The van der Waals surface area contributed by atoms with Crippen LogP contribution in [0.4, 0.5) is 0 Å². The molecular formula is C9H21N3O2. The smallest absolute Gasteiger partial charge is 0.240 e. The van der Waals surface area contributed by atoms with Gasteiger partial charge in [-0.15, -0.1) is 0 Å². The standard InChI is InChI=1S/C9H21N3O2/c1-3-4-8(11)12(2)9(14)7(10)5-6-13/h7-8,13H,3-6,10-11H2,1-2H3. The van der Waals surface area contributed by atoms with Crippen LogP contribution in [0.15, 0.2) is 0 Å². The number of carbonyl (C=O) groups is 1. The molecule has 0 bridgehead atoms. The fourth-order valence-corrected chi connectivity index (χ4v) is 1.18. The van der Waals surface area contributed by atoms with E-state index in [1.54, 1.807) is 7.05 Å². The van der Waals surface area contributed by atoms with Crippen molar-refractivity contribution >= 4 is 5.91 Å². The molecule has 0 aliphatic carbocycles. The van der Waals surface area contributed by atoms with E-state index < -0.39 is 6.04 Å². The summed E-state index contributed by atoms with van der Waals surface area (Å²) < 4.78 is 0. The van der Waals surface area contributed by atoms with Crippen LogP contribution in [-0.4, -0.2) is 41.8 Å². The first kappa shape index (κ1) is 13.4. The van der Waals surface area contributed by atoms with Gasteiger partial charge in [0, 0.05) is 13.7 Å². The quantitative estimate of drug-likeness (QED) is 0.495. The largest absolute Gasteiger partial charge is 0.396 e. The monoisotopic (exact) mass is 203 g/mol. The lowest BCUT2D eigenvalue weighted by molar-refractivity contribution is -0.133. The number of amides is 1. The maximum Gasteiger partial charge on any atom is 0.240 e. The van der Waals surface area contributed by atoms with Crippen molar-refractivity contribution in [1.29, 1.82) is 0 Å². The lowest BCUT2D eigenvalue weighted by atomic mass is 10.2. The Hall–Kier alpha value is -0.650. The lowest BCUT2D eigenvalue weighted by Gasteiger charge is -2.26. The van der Waals surface area contributed by atoms with Crippen molar-refractivity contribution in [3.05, 3.63) is 0 Å². The molecule has 5 nitrogen and oxygen atoms in total. The Kier molecular flexibility index (Phi) is 6.44. The summed E-state index contributed by atoms with van der Waals surface area (Å²) in [4.78, 5) is 13.0. The van der Waals surface area contributed by atoms with Crippen LogP contribution < -0.4 is 11.5 Å². The number of hydrogen-bond acceptors (Lipinski definition) is 4. The number of aliphatic hydroxyl groups excluding tert-OH is 1. The molecule has 0 heterocycles. The Morgan fingerprint density at radius 3 is 2.43 bits per heavy atom. The van der Waals surface area contributed by atoms with E-state index in [-0.39, 0.29) is 25.1 Å². The summed E-state index contributed by atoms with van der Waals surface area (Å²) in [5.74, 6) is -0.208. The first-order valence-electron chi connectivity index (χ1n) is 4.93. The molecule has 0 spiro atoms. The van der Waals surface area contributed by atoms with E-state index in [1.165, 1.54) is 4.90 Å². The maximum atomic E-state index is 11.6. The van der Waals surface area contributed by atoms with Crippen LogP contribution in [0.25, 0.3) is 0 Å². The summed E-state index contributed by atoms with van der Waals surface area (Å²) in [6.07, 6.45) is 1.68. The van der Waals surface area contributed by atoms with Crippen molar-refractivity contribution < 1.29 is 9.90 Å². The SMILES string of the molecule is CCCC(N)N(C)C(=O)C(N)CCO. The van der Waals surface area contributed by atoms with Gasteiger partial charge in [-0.3, -0.25) is 4.79 Å². The van der Waals surface area contributed by atoms with E-state index in [1.807, 2.05) is 6.92 Å². The third-order valence-corrected chi connectivity index (χ3v) is 2.19. The molecular weight excluding hydrogens is 182 g/mol. The summed E-state index contributed by atoms with van der Waals surface area (Å²) >= 11 is 0. The fraction of sp³-hybridized carbons (Fsp3) is 0.889. The van der Waals surface area contributed by atoms with Crippen LogP contribution in [0, 0.1) is 0 Å². The Bertz CT molecular complexity index is 175. The van der Waals surface area contributed by atoms with Gasteiger partial charge in [0.1, 0.15) is 0 Å². The van der Waals surface area contributed by atoms with Crippen LogP contribution in [0.1, 0.15) is 26.2 Å². The molecule has 5 heteroatoms. The molecule has 14 heavy (non-hydrogen) atoms. The minimum Gasteiger partial charge on any atom is -0.396 e. The van der Waals surface area contributed by atoms with Gasteiger partial charge in [-0.1, -0.05) is 13.3 Å². The van der Waals surface area contributed by atoms with E-state index in [9.17, 15) is 4.79 Å². The zero-order valence-electron chi connectivity index (χ0n) is 8.94. The van der Waals surface area contributed by atoms with Crippen molar-refractivity contribution in [3.63, 3.8) is 0 Å². The van der Waals surface area contributed by atoms with Gasteiger partial charge in [-0.25, -0.2) is 0 Å². The fourth-order valence-electron chi connectivity index (χ4n) is 1.18. The van der Waals surface area contributed by atoms with Gasteiger partial charge in [0.15, 0.2) is 0 Å². The molecule has 0 rings (SSSR count). The Morgan fingerprint density at radius 2 is 2.00 bits per heavy atom. The van der Waals surface area contributed by atoms with Crippen LogP contribution in [0.5, 0.6) is 0 Å². The molecule has 5 N–H and O–H groups in total. The molecule has 0 saturated carbocycles. The second-order valence-corrected chi connectivity index (χ2v) is 3.42. The molecule has 0 aromatic rings. The molecule has 2 atom stereocenters. The van der Waals surface area contributed by atoms with E-state index in [0.717, 1.165) is 12.8 Å². The molecule has 0 fully saturated rings. The third-order valence-electron chi connectivity index (χ3n) is 2.19. The van der Waals surface area contributed by atoms with E-state index >= 15 is 0 Å². The zero-order valence-corrected chi connectivity index (χ0v) is 8.94. The highest BCUT2D eigenvalue weighted by atomic mass is 16.3. The lowest BCUT2D eigenvalue weighted by Crippen LogP contribution is -2.50. The molecule has 0 aliphatic heterocycles. The minimum atomic E-state index is -0.645. The summed E-state index contributed by atoms with van der Waals surface area (Å²) in [6.45, 7) is 1.93. The van der Waals surface area contributed by atoms with Gasteiger partial charge in [-0.2, -0.15) is 0 Å². The Labute approximate surface area is 85.1 Å². The molecule has 0 saturated heterocycles. The Morgan fingerprint density at radius 1 is 1.43 bits per heavy atom. The summed E-state index contributed by atoms with van der Waals surface area (Å²) in [7, 11) is 1.64. The van der Waals surface area contributed by atoms with Crippen molar-refractivity contribution in [1.82, 2.24) is 4.90 Å². The van der Waals surface area contributed by atoms with E-state index in [2.05, 4.69) is 0 Å². The zero-order chi connectivity index (χ0) is 11.1. The third kappa shape index (κ3) is 4.04. The second kappa shape index (κ2) is 6.75. The maximum absolute atomic E-state index is 11.6. The number of carbonyl (C=O) groups excluding carboxylic acids is 1. The highest BCUT2D eigenvalue weighted by Gasteiger charge is 2.21. The average molecular weight is 203 g/mol. The molecule has 2 unspecified atom stereocenters. The van der Waals surface area contributed by atoms with Crippen LogP contribution in [0.3, 0.4) is 0 Å². The number of aliphatic hydroxyl groups is 1. The normalized spacial score (nSPS) is 14.9. The number of nitrogens with two attached hydrogens (primary N) is 2. The Balaban J connectivity index is 4.09. The minimum absolute atomic E-state index is 0.0796. The number of likely N-dealkylation sites (N-methyl/N-ethyl adjacent to an activating group) is 1. The van der Waals surface area contributed by atoms with Gasteiger partial charge in [0.2, 0.25) is 5.91 Å². The predicted octanol–water partition coefficient (Wildman–Crippen LogP) is -0.761. The second-order valence-electron chi connectivity index (χ2n) is 3.42. The highest BCUT2D eigenvalue weighted by Crippen LogP contribution is 2.02. The van der Waals surface area contributed by atoms with Gasteiger partial charge in [0.25, 0.3) is 0 Å². The van der Waals surface area contributed by atoms with Crippen LogP contribution >= 0.6 is 0 Å². The van der Waals surface area contributed by atoms with Crippen molar-refractivity contribution in [3.8, 4) is 0 Å². The average Bonchev–Trinajstić information content (AvgIpc) is 2.16. The predicted molar refractivity (Wildman–Crippen MR) is 55.3 cm³/mol. The highest BCUT2D eigenvalue weighted by molar-refractivity contribution is 5.81. The first-order chi connectivity index (χ1) is 6.54. The number of rotatable bonds is 6. The van der Waals surface area contributed by atoms with Crippen LogP contribution in [-0.2, 0) is 4.79 Å². The number of nitrogens with zero attached hydrogens (tertiary/aromatic N) is 1. The van der Waals surface area contributed by atoms with Crippen LogP contribution in [0.2, 0.25) is 0 Å². The van der Waals surface area contributed by atoms with Gasteiger partial charge in [0.05, 0.1) is 12.2 Å². The molecule has 0 aliphatic rings. The molecule has 1 amide bonds. The molecule has 0 aromatic heterocycles. The summed E-state index contributed by atoms with van der Waals surface area (Å²) in [5.41, 5.74) is 11.3. The van der Waals surface area contributed by atoms with E-state index in [0.29, 0.717) is 0 Å². The molecule has 0 radical (unpaired) electrons. The number of hydrogen-bond donors (Lipinski definition) is 3. The van der Waals surface area contributed by atoms with Crippen molar-refractivity contribution in [2.45, 2.75) is 38.4 Å². The van der Waals surface area contributed by atoms with Gasteiger partial charge >= 0.3 is 0 Å². The van der Waals surface area contributed by atoms with E-state index in [4.69, 9.17) is 16.6 Å². The first-order valence-corrected chi connectivity index (χ1v) is 4.93. The summed E-state index contributed by atoms with van der Waals surface area (Å²) in [6, 6.07) is -0.645. The summed E-state index contributed by atoms with van der Waals surface area (Å²) in [5, 5.41) is 8.63. The van der Waals surface area contributed by atoms with Gasteiger partial charge in [-0.05, 0) is 12.8 Å². The molecule has 84 valence electrons. The van der Waals surface area contributed by atoms with Crippen molar-refractivity contribution in [2.75, 3.05) is 13.7 Å². The topological polar surface area (TPSA) is 92.6 Å². The van der Waals surface area contributed by atoms with Gasteiger partial charge < -0.3 is 21.5 Å².